The second-order valence-electron chi connectivity index (χ2n) is 4.58. The Morgan fingerprint density at radius 1 is 1.23 bits per heavy atom. The van der Waals surface area contributed by atoms with E-state index in [4.69, 9.17) is 5.73 Å². The average molecular weight is 184 g/mol. The highest BCUT2D eigenvalue weighted by atomic mass is 15.1. The zero-order chi connectivity index (χ0) is 9.68. The first-order valence-corrected chi connectivity index (χ1v) is 5.60. The first kappa shape index (κ1) is 11.0. The van der Waals surface area contributed by atoms with Gasteiger partial charge in [-0.05, 0) is 45.8 Å². The fourth-order valence-electron chi connectivity index (χ4n) is 2.40. The van der Waals surface area contributed by atoms with E-state index in [0.717, 1.165) is 18.5 Å². The molecule has 2 nitrogen and oxygen atoms in total. The molecule has 2 heteroatoms. The third kappa shape index (κ3) is 3.65. The summed E-state index contributed by atoms with van der Waals surface area (Å²) in [5, 5.41) is 0. The molecule has 0 aliphatic heterocycles. The van der Waals surface area contributed by atoms with Crippen molar-refractivity contribution in [2.45, 2.75) is 44.6 Å². The highest BCUT2D eigenvalue weighted by Crippen LogP contribution is 2.27. The van der Waals surface area contributed by atoms with E-state index in [2.05, 4.69) is 19.0 Å². The molecule has 2 unspecified atom stereocenters. The second-order valence-corrected chi connectivity index (χ2v) is 4.58. The summed E-state index contributed by atoms with van der Waals surface area (Å²) in [4.78, 5) is 2.38. The molecule has 78 valence electrons. The molecule has 2 atom stereocenters. The number of rotatable bonds is 3. The molecule has 0 bridgehead atoms. The quantitative estimate of drug-likeness (QED) is 0.678. The van der Waals surface area contributed by atoms with Gasteiger partial charge in [0.15, 0.2) is 0 Å². The molecule has 1 rings (SSSR count). The minimum absolute atomic E-state index is 0.805. The second kappa shape index (κ2) is 5.61. The van der Waals surface area contributed by atoms with Gasteiger partial charge in [-0.3, -0.25) is 0 Å². The van der Waals surface area contributed by atoms with Crippen LogP contribution in [0.1, 0.15) is 38.5 Å². The van der Waals surface area contributed by atoms with Gasteiger partial charge in [-0.1, -0.05) is 19.3 Å². The van der Waals surface area contributed by atoms with Crippen LogP contribution in [0, 0.1) is 5.92 Å². The third-order valence-electron chi connectivity index (χ3n) is 3.31. The summed E-state index contributed by atoms with van der Waals surface area (Å²) in [7, 11) is 4.41. The molecule has 13 heavy (non-hydrogen) atoms. The Morgan fingerprint density at radius 2 is 1.92 bits per heavy atom. The van der Waals surface area contributed by atoms with Crippen LogP contribution >= 0.6 is 0 Å². The Hall–Kier alpha value is -0.0800. The molecule has 1 saturated carbocycles. The molecule has 0 aromatic heterocycles. The summed E-state index contributed by atoms with van der Waals surface area (Å²) in [6.07, 6.45) is 8.20. The Labute approximate surface area is 82.5 Å². The van der Waals surface area contributed by atoms with Crippen molar-refractivity contribution in [2.75, 3.05) is 20.6 Å². The van der Waals surface area contributed by atoms with Crippen molar-refractivity contribution in [3.8, 4) is 0 Å². The van der Waals surface area contributed by atoms with E-state index in [-0.39, 0.29) is 0 Å². The van der Waals surface area contributed by atoms with Gasteiger partial charge >= 0.3 is 0 Å². The van der Waals surface area contributed by atoms with Crippen LogP contribution in [0.2, 0.25) is 0 Å². The molecule has 2 N–H and O–H groups in total. The molecule has 0 aromatic rings. The normalized spacial score (nSPS) is 30.5. The lowest BCUT2D eigenvalue weighted by Crippen LogP contribution is -2.29. The predicted molar refractivity (Wildman–Crippen MR) is 57.7 cm³/mol. The van der Waals surface area contributed by atoms with Gasteiger partial charge in [-0.2, -0.15) is 0 Å². The number of nitrogens with zero attached hydrogens (tertiary/aromatic N) is 1. The zero-order valence-corrected chi connectivity index (χ0v) is 9.13. The van der Waals surface area contributed by atoms with Crippen molar-refractivity contribution in [1.82, 2.24) is 4.90 Å². The van der Waals surface area contributed by atoms with Crippen LogP contribution in [-0.4, -0.2) is 31.6 Å². The SMILES string of the molecule is CN(C)C1CCCCC(CCN)C1. The summed E-state index contributed by atoms with van der Waals surface area (Å²) < 4.78 is 0. The number of hydrogen-bond acceptors (Lipinski definition) is 2. The number of nitrogens with two attached hydrogens (primary N) is 1. The maximum Gasteiger partial charge on any atom is 0.00918 e. The van der Waals surface area contributed by atoms with Gasteiger partial charge in [0.2, 0.25) is 0 Å². The fourth-order valence-corrected chi connectivity index (χ4v) is 2.40. The minimum atomic E-state index is 0.805. The van der Waals surface area contributed by atoms with E-state index in [9.17, 15) is 0 Å². The zero-order valence-electron chi connectivity index (χ0n) is 9.13. The Bertz CT molecular complexity index is 134. The van der Waals surface area contributed by atoms with Gasteiger partial charge in [0, 0.05) is 6.04 Å². The smallest absolute Gasteiger partial charge is 0.00918 e. The molecule has 0 heterocycles. The Balaban J connectivity index is 2.39. The van der Waals surface area contributed by atoms with Gasteiger partial charge in [0.25, 0.3) is 0 Å². The van der Waals surface area contributed by atoms with Gasteiger partial charge in [0.1, 0.15) is 0 Å². The molecular formula is C11H24N2. The van der Waals surface area contributed by atoms with Crippen LogP contribution in [0.3, 0.4) is 0 Å². The summed E-state index contributed by atoms with van der Waals surface area (Å²) in [6.45, 7) is 0.866. The molecule has 0 saturated heterocycles. The van der Waals surface area contributed by atoms with Gasteiger partial charge in [-0.15, -0.1) is 0 Å². The molecule has 1 fully saturated rings. The lowest BCUT2D eigenvalue weighted by molar-refractivity contribution is 0.239. The van der Waals surface area contributed by atoms with Crippen molar-refractivity contribution in [1.29, 1.82) is 0 Å². The van der Waals surface area contributed by atoms with E-state index in [0.29, 0.717) is 0 Å². The summed E-state index contributed by atoms with van der Waals surface area (Å²) >= 11 is 0. The van der Waals surface area contributed by atoms with Crippen molar-refractivity contribution in [2.24, 2.45) is 11.7 Å². The average Bonchev–Trinajstić information content (AvgIpc) is 2.30. The monoisotopic (exact) mass is 184 g/mol. The van der Waals surface area contributed by atoms with Crippen LogP contribution in [-0.2, 0) is 0 Å². The van der Waals surface area contributed by atoms with Crippen LogP contribution < -0.4 is 5.73 Å². The third-order valence-corrected chi connectivity index (χ3v) is 3.31. The van der Waals surface area contributed by atoms with Crippen LogP contribution in [0.25, 0.3) is 0 Å². The highest BCUT2D eigenvalue weighted by molar-refractivity contribution is 4.76. The van der Waals surface area contributed by atoms with Crippen molar-refractivity contribution < 1.29 is 0 Å². The summed E-state index contributed by atoms with van der Waals surface area (Å²) in [6, 6.07) is 0.805. The largest absolute Gasteiger partial charge is 0.330 e. The van der Waals surface area contributed by atoms with E-state index in [1.165, 1.54) is 38.5 Å². The van der Waals surface area contributed by atoms with Crippen molar-refractivity contribution in [3.05, 3.63) is 0 Å². The van der Waals surface area contributed by atoms with E-state index < -0.39 is 0 Å². The lowest BCUT2D eigenvalue weighted by Gasteiger charge is -2.25. The minimum Gasteiger partial charge on any atom is -0.330 e. The predicted octanol–water partition coefficient (Wildman–Crippen LogP) is 1.85. The maximum absolute atomic E-state index is 5.62. The molecule has 0 amide bonds. The van der Waals surface area contributed by atoms with Crippen molar-refractivity contribution >= 4 is 0 Å². The van der Waals surface area contributed by atoms with Crippen molar-refractivity contribution in [3.63, 3.8) is 0 Å². The van der Waals surface area contributed by atoms with Gasteiger partial charge < -0.3 is 10.6 Å². The molecular weight excluding hydrogens is 160 g/mol. The summed E-state index contributed by atoms with van der Waals surface area (Å²) in [5.74, 6) is 0.889. The van der Waals surface area contributed by atoms with Gasteiger partial charge in [0.05, 0.1) is 0 Å². The van der Waals surface area contributed by atoms with Crippen LogP contribution in [0.5, 0.6) is 0 Å². The molecule has 0 spiro atoms. The first-order chi connectivity index (χ1) is 6.24. The standard InChI is InChI=1S/C11H24N2/c1-13(2)11-6-4-3-5-10(9-11)7-8-12/h10-11H,3-9,12H2,1-2H3. The van der Waals surface area contributed by atoms with E-state index in [1.54, 1.807) is 0 Å². The van der Waals surface area contributed by atoms with Crippen LogP contribution in [0.4, 0.5) is 0 Å². The summed E-state index contributed by atoms with van der Waals surface area (Å²) in [5.41, 5.74) is 5.62. The maximum atomic E-state index is 5.62. The Kier molecular flexibility index (Phi) is 4.74. The first-order valence-electron chi connectivity index (χ1n) is 5.60. The van der Waals surface area contributed by atoms with Crippen LogP contribution in [0.15, 0.2) is 0 Å². The lowest BCUT2D eigenvalue weighted by atomic mass is 9.94. The van der Waals surface area contributed by atoms with E-state index >= 15 is 0 Å². The highest BCUT2D eigenvalue weighted by Gasteiger charge is 2.20. The molecule has 0 aromatic carbocycles. The molecule has 0 radical (unpaired) electrons. The fraction of sp³-hybridized carbons (Fsp3) is 1.00. The Morgan fingerprint density at radius 3 is 2.54 bits per heavy atom. The van der Waals surface area contributed by atoms with E-state index in [1.807, 2.05) is 0 Å². The molecule has 1 aliphatic rings. The molecule has 1 aliphatic carbocycles. The topological polar surface area (TPSA) is 29.3 Å². The number of hydrogen-bond donors (Lipinski definition) is 1. The van der Waals surface area contributed by atoms with Gasteiger partial charge in [-0.25, -0.2) is 0 Å².